The molecule has 1 aromatic heterocycles. The number of imidazole rings is 1. The van der Waals surface area contributed by atoms with E-state index in [4.69, 9.17) is 4.74 Å². The van der Waals surface area contributed by atoms with Crippen molar-refractivity contribution in [2.45, 2.75) is 51.7 Å². The second-order valence-corrected chi connectivity index (χ2v) is 8.02. The topological polar surface area (TPSA) is 107 Å². The molecule has 3 N–H and O–H groups in total. The van der Waals surface area contributed by atoms with Gasteiger partial charge in [-0.2, -0.15) is 0 Å². The lowest BCUT2D eigenvalue weighted by molar-refractivity contribution is -0.159. The van der Waals surface area contributed by atoms with Crippen molar-refractivity contribution in [3.05, 3.63) is 34.2 Å². The van der Waals surface area contributed by atoms with Crippen LogP contribution < -0.4 is 11.0 Å². The predicted octanol–water partition coefficient (Wildman–Crippen LogP) is 1.32. The highest BCUT2D eigenvalue weighted by molar-refractivity contribution is 5.76. The van der Waals surface area contributed by atoms with Crippen molar-refractivity contribution in [1.29, 1.82) is 0 Å². The Morgan fingerprint density at radius 1 is 1.29 bits per heavy atom. The van der Waals surface area contributed by atoms with Crippen molar-refractivity contribution < 1.29 is 14.3 Å². The summed E-state index contributed by atoms with van der Waals surface area (Å²) in [5.74, 6) is -0.00841. The van der Waals surface area contributed by atoms with Crippen LogP contribution in [0.4, 0.5) is 0 Å². The van der Waals surface area contributed by atoms with Crippen LogP contribution in [0.2, 0.25) is 0 Å². The summed E-state index contributed by atoms with van der Waals surface area (Å²) in [6.07, 6.45) is 1.67. The number of H-pyrrole nitrogens is 2. The van der Waals surface area contributed by atoms with Crippen LogP contribution in [-0.4, -0.2) is 58.0 Å². The summed E-state index contributed by atoms with van der Waals surface area (Å²) in [6, 6.07) is 5.75. The van der Waals surface area contributed by atoms with Crippen LogP contribution in [0.5, 0.6) is 0 Å². The van der Waals surface area contributed by atoms with E-state index in [0.29, 0.717) is 32.5 Å². The molecule has 1 atom stereocenters. The number of morpholine rings is 1. The Hall–Kier alpha value is -2.61. The van der Waals surface area contributed by atoms with Crippen LogP contribution in [0.25, 0.3) is 11.0 Å². The van der Waals surface area contributed by atoms with Gasteiger partial charge < -0.3 is 24.9 Å². The van der Waals surface area contributed by atoms with Gasteiger partial charge in [0.2, 0.25) is 11.8 Å². The molecule has 1 aromatic carbocycles. The standard InChI is InChI=1S/C20H28N4O4/c1-13(25)24-11-15(28-20(2,3)12-24)10-21-18(26)6-4-5-14-7-8-16-17(9-14)23-19(27)22-16/h7-9,15H,4-6,10-12H2,1-3H3,(H,21,26)(H2,22,23,27)/t15-/m0/s1. The third-order valence-electron chi connectivity index (χ3n) is 4.90. The second kappa shape index (κ2) is 8.18. The predicted molar refractivity (Wildman–Crippen MR) is 106 cm³/mol. The molecule has 1 fully saturated rings. The number of hydrogen-bond acceptors (Lipinski definition) is 4. The van der Waals surface area contributed by atoms with Gasteiger partial charge in [-0.1, -0.05) is 6.07 Å². The molecule has 2 amide bonds. The third kappa shape index (κ3) is 5.22. The number of aromatic amines is 2. The summed E-state index contributed by atoms with van der Waals surface area (Å²) < 4.78 is 5.98. The largest absolute Gasteiger partial charge is 0.367 e. The molecule has 1 aliphatic rings. The van der Waals surface area contributed by atoms with Crippen molar-refractivity contribution in [2.75, 3.05) is 19.6 Å². The molecule has 1 saturated heterocycles. The van der Waals surface area contributed by atoms with Crippen LogP contribution in [0, 0.1) is 0 Å². The van der Waals surface area contributed by atoms with E-state index in [0.717, 1.165) is 23.0 Å². The molecule has 2 aromatic rings. The number of carbonyl (C=O) groups is 2. The molecule has 0 radical (unpaired) electrons. The average molecular weight is 388 g/mol. The minimum Gasteiger partial charge on any atom is -0.367 e. The highest BCUT2D eigenvalue weighted by Crippen LogP contribution is 2.21. The van der Waals surface area contributed by atoms with E-state index in [9.17, 15) is 14.4 Å². The number of benzene rings is 1. The van der Waals surface area contributed by atoms with E-state index in [-0.39, 0.29) is 23.6 Å². The average Bonchev–Trinajstić information content (AvgIpc) is 2.98. The van der Waals surface area contributed by atoms with Gasteiger partial charge in [-0.3, -0.25) is 9.59 Å². The van der Waals surface area contributed by atoms with E-state index in [2.05, 4.69) is 15.3 Å². The zero-order valence-corrected chi connectivity index (χ0v) is 16.6. The Balaban J connectivity index is 1.43. The van der Waals surface area contributed by atoms with Crippen LogP contribution in [0.3, 0.4) is 0 Å². The van der Waals surface area contributed by atoms with Gasteiger partial charge >= 0.3 is 5.69 Å². The molecule has 0 unspecified atom stereocenters. The lowest BCUT2D eigenvalue weighted by atomic mass is 10.0. The number of aromatic nitrogens is 2. The number of hydrogen-bond donors (Lipinski definition) is 3. The fourth-order valence-electron chi connectivity index (χ4n) is 3.65. The first-order valence-corrected chi connectivity index (χ1v) is 9.63. The Labute approximate surface area is 163 Å². The van der Waals surface area contributed by atoms with E-state index < -0.39 is 5.60 Å². The highest BCUT2D eigenvalue weighted by atomic mass is 16.5. The zero-order valence-electron chi connectivity index (χ0n) is 16.6. The number of ether oxygens (including phenoxy) is 1. The Bertz CT molecular complexity index is 914. The van der Waals surface area contributed by atoms with Crippen molar-refractivity contribution >= 4 is 22.8 Å². The van der Waals surface area contributed by atoms with Gasteiger partial charge in [-0.15, -0.1) is 0 Å². The molecular formula is C20H28N4O4. The summed E-state index contributed by atoms with van der Waals surface area (Å²) in [6.45, 7) is 6.90. The number of aryl methyl sites for hydroxylation is 1. The number of fused-ring (bicyclic) bond motifs is 1. The zero-order chi connectivity index (χ0) is 20.3. The smallest absolute Gasteiger partial charge is 0.323 e. The third-order valence-corrected chi connectivity index (χ3v) is 4.90. The van der Waals surface area contributed by atoms with Gasteiger partial charge in [0, 0.05) is 33.0 Å². The maximum atomic E-state index is 12.2. The molecule has 0 spiro atoms. The molecule has 0 bridgehead atoms. The summed E-state index contributed by atoms with van der Waals surface area (Å²) in [7, 11) is 0. The van der Waals surface area contributed by atoms with Crippen molar-refractivity contribution in [1.82, 2.24) is 20.2 Å². The van der Waals surface area contributed by atoms with Gasteiger partial charge in [0.15, 0.2) is 0 Å². The highest BCUT2D eigenvalue weighted by Gasteiger charge is 2.34. The fraction of sp³-hybridized carbons (Fsp3) is 0.550. The number of carbonyl (C=O) groups excluding carboxylic acids is 2. The van der Waals surface area contributed by atoms with E-state index >= 15 is 0 Å². The normalized spacial score (nSPS) is 19.0. The fourth-order valence-corrected chi connectivity index (χ4v) is 3.65. The van der Waals surface area contributed by atoms with E-state index in [1.807, 2.05) is 32.0 Å². The van der Waals surface area contributed by atoms with Crippen molar-refractivity contribution in [3.8, 4) is 0 Å². The number of rotatable bonds is 6. The van der Waals surface area contributed by atoms with E-state index in [1.54, 1.807) is 11.8 Å². The summed E-state index contributed by atoms with van der Waals surface area (Å²) in [4.78, 5) is 42.4. The molecule has 2 heterocycles. The van der Waals surface area contributed by atoms with Gasteiger partial charge in [0.05, 0.1) is 22.7 Å². The number of nitrogens with zero attached hydrogens (tertiary/aromatic N) is 1. The van der Waals surface area contributed by atoms with Gasteiger partial charge in [-0.05, 0) is 44.4 Å². The second-order valence-electron chi connectivity index (χ2n) is 8.02. The first kappa shape index (κ1) is 20.1. The van der Waals surface area contributed by atoms with Crippen LogP contribution in [0.1, 0.15) is 39.2 Å². The molecule has 1 aliphatic heterocycles. The van der Waals surface area contributed by atoms with Crippen LogP contribution in [-0.2, 0) is 20.7 Å². The Morgan fingerprint density at radius 2 is 2.04 bits per heavy atom. The molecule has 0 aliphatic carbocycles. The van der Waals surface area contributed by atoms with Gasteiger partial charge in [0.25, 0.3) is 0 Å². The lowest BCUT2D eigenvalue weighted by Crippen LogP contribution is -2.56. The molecule has 8 heteroatoms. The van der Waals surface area contributed by atoms with Crippen LogP contribution >= 0.6 is 0 Å². The minimum absolute atomic E-state index is 0.0217. The monoisotopic (exact) mass is 388 g/mol. The Kier molecular flexibility index (Phi) is 5.88. The van der Waals surface area contributed by atoms with Gasteiger partial charge in [-0.25, -0.2) is 4.79 Å². The summed E-state index contributed by atoms with van der Waals surface area (Å²) >= 11 is 0. The molecular weight excluding hydrogens is 360 g/mol. The number of amides is 2. The molecule has 0 saturated carbocycles. The summed E-state index contributed by atoms with van der Waals surface area (Å²) in [5, 5.41) is 2.91. The Morgan fingerprint density at radius 3 is 2.79 bits per heavy atom. The van der Waals surface area contributed by atoms with Crippen molar-refractivity contribution in [3.63, 3.8) is 0 Å². The quantitative estimate of drug-likeness (QED) is 0.694. The molecule has 152 valence electrons. The lowest BCUT2D eigenvalue weighted by Gasteiger charge is -2.42. The summed E-state index contributed by atoms with van der Waals surface area (Å²) in [5.41, 5.74) is 1.99. The van der Waals surface area contributed by atoms with Crippen LogP contribution in [0.15, 0.2) is 23.0 Å². The molecule has 8 nitrogen and oxygen atoms in total. The first-order valence-electron chi connectivity index (χ1n) is 9.63. The maximum Gasteiger partial charge on any atom is 0.323 e. The maximum absolute atomic E-state index is 12.2. The van der Waals surface area contributed by atoms with Crippen molar-refractivity contribution in [2.24, 2.45) is 0 Å². The molecule has 3 rings (SSSR count). The number of nitrogens with one attached hydrogen (secondary N) is 3. The first-order chi connectivity index (χ1) is 13.2. The minimum atomic E-state index is -0.419. The van der Waals surface area contributed by atoms with Gasteiger partial charge in [0.1, 0.15) is 0 Å². The molecule has 28 heavy (non-hydrogen) atoms. The van der Waals surface area contributed by atoms with E-state index in [1.165, 1.54) is 0 Å². The SMILES string of the molecule is CC(=O)N1C[C@H](CNC(=O)CCCc2ccc3[nH]c(=O)[nH]c3c2)OC(C)(C)C1.